The van der Waals surface area contributed by atoms with Crippen molar-refractivity contribution in [2.24, 2.45) is 5.73 Å². The minimum Gasteiger partial charge on any atom is -1.00 e. The van der Waals surface area contributed by atoms with Gasteiger partial charge in [0.15, 0.2) is 0 Å². The topological polar surface area (TPSA) is 244 Å². The van der Waals surface area contributed by atoms with Crippen LogP contribution >= 0.6 is 0 Å². The molecule has 1 saturated heterocycles. The number of nitrogens with zero attached hydrogens (tertiary/aromatic N) is 6. The summed E-state index contributed by atoms with van der Waals surface area (Å²) in [5, 5.41) is 24.4. The summed E-state index contributed by atoms with van der Waals surface area (Å²) in [6.07, 6.45) is 14.6. The van der Waals surface area contributed by atoms with Crippen molar-refractivity contribution in [3.8, 4) is 0 Å². The first kappa shape index (κ1) is 60.1. The fraction of sp³-hybridized carbons (Fsp3) is 0.500. The molecular weight excluding hydrogens is 759 g/mol. The van der Waals surface area contributed by atoms with Crippen molar-refractivity contribution < 1.29 is 109 Å². The molecule has 1 aliphatic heterocycles. The van der Waals surface area contributed by atoms with Gasteiger partial charge >= 0.3 is 65.1 Å². The number of hydrogen-bond donors (Lipinski definition) is 3. The van der Waals surface area contributed by atoms with Crippen molar-refractivity contribution in [1.29, 1.82) is 0 Å². The van der Waals surface area contributed by atoms with Gasteiger partial charge in [-0.25, -0.2) is 19.1 Å². The van der Waals surface area contributed by atoms with Gasteiger partial charge in [0.25, 0.3) is 12.3 Å². The number of amides is 2. The third-order valence-corrected chi connectivity index (χ3v) is 7.37. The van der Waals surface area contributed by atoms with Gasteiger partial charge in [0, 0.05) is 96.3 Å². The first-order valence-electron chi connectivity index (χ1n) is 17.3. The van der Waals surface area contributed by atoms with E-state index in [4.69, 9.17) is 15.8 Å². The Kier molecular flexibility index (Phi) is 38.8. The summed E-state index contributed by atoms with van der Waals surface area (Å²) in [7, 11) is 0. The predicted octanol–water partition coefficient (Wildman–Crippen LogP) is -6.77. The summed E-state index contributed by atoms with van der Waals surface area (Å²) in [6, 6.07) is 0. The standard InChI is InChI=1S/C14H21N3O3.C11H17N3O.C7H13N3.C3H4O2.CH2O3.B.2Na.H/c1-11(2)14(20)15-6-4-7-16-9-10-17(12(16)3)8-5-13(18)19;1-9(2)11(15)13-5-4-7-14-8-6-12-10(14)3;1-7-9-4-6-10(7)5-2-3-8;4-3-1-2-5-3;2-1-4-3;;;;/h9-10H,1,4-8H2,2-3H3,(H-,15,18,19,20);6,8H,1,4-5,7H2,2-3H3,(H,13,15);4,6H,2-3,5,8H2,1H3;1-2H2;1,3H;;;;/q;;;;;;2*+1;-1/p-1. The molecule has 2 amide bonds. The van der Waals surface area contributed by atoms with Crippen LogP contribution in [0.15, 0.2) is 61.5 Å². The van der Waals surface area contributed by atoms with E-state index < -0.39 is 5.97 Å². The number of aromatic nitrogens is 6. The maximum Gasteiger partial charge on any atom is 1.00 e. The number of nitrogens with one attached hydrogen (secondary N) is 2. The Labute approximate surface area is 383 Å². The number of aryl methyl sites for hydroxylation is 6. The smallest absolute Gasteiger partial charge is 1.00 e. The number of carbonyl (C=O) groups is 5. The molecule has 0 spiro atoms. The van der Waals surface area contributed by atoms with E-state index in [0.29, 0.717) is 43.8 Å². The van der Waals surface area contributed by atoms with Gasteiger partial charge in [-0.15, -0.1) is 0 Å². The molecule has 1 fully saturated rings. The van der Waals surface area contributed by atoms with Crippen molar-refractivity contribution >= 4 is 38.6 Å². The Morgan fingerprint density at radius 3 is 1.74 bits per heavy atom. The molecule has 3 radical (unpaired) electrons. The second kappa shape index (κ2) is 36.8. The molecule has 3 aromatic rings. The average Bonchev–Trinajstić information content (AvgIpc) is 3.85. The largest absolute Gasteiger partial charge is 1.00 e. The number of rotatable bonds is 17. The van der Waals surface area contributed by atoms with Crippen LogP contribution in [0.1, 0.15) is 64.9 Å². The van der Waals surface area contributed by atoms with Crippen LogP contribution in [0.2, 0.25) is 0 Å². The number of carboxylic acids is 1. The zero-order valence-corrected chi connectivity index (χ0v) is 38.7. The van der Waals surface area contributed by atoms with Crippen molar-refractivity contribution in [2.45, 2.75) is 92.9 Å². The van der Waals surface area contributed by atoms with Gasteiger partial charge in [0.1, 0.15) is 30.6 Å². The number of carboxylic acid groups (broad SMARTS) is 1. The molecule has 0 atom stereocenters. The van der Waals surface area contributed by atoms with Crippen LogP contribution in [-0.2, 0) is 59.8 Å². The van der Waals surface area contributed by atoms with Gasteiger partial charge < -0.3 is 51.7 Å². The van der Waals surface area contributed by atoms with Crippen LogP contribution in [0.4, 0.5) is 0 Å². The van der Waals surface area contributed by atoms with Gasteiger partial charge in [-0.1, -0.05) is 13.2 Å². The fourth-order valence-corrected chi connectivity index (χ4v) is 4.16. The van der Waals surface area contributed by atoms with Gasteiger partial charge in [0.2, 0.25) is 11.8 Å². The Morgan fingerprint density at radius 1 is 0.930 bits per heavy atom. The molecular formula is C36H57BN9Na2O9. The Balaban J connectivity index is -0.000000218. The molecule has 305 valence electrons. The van der Waals surface area contributed by atoms with E-state index in [2.05, 4.69) is 52.5 Å². The third kappa shape index (κ3) is 29.3. The number of cyclic esters (lactones) is 1. The van der Waals surface area contributed by atoms with Crippen LogP contribution in [0.25, 0.3) is 0 Å². The van der Waals surface area contributed by atoms with E-state index in [9.17, 15) is 24.3 Å². The van der Waals surface area contributed by atoms with E-state index >= 15 is 0 Å². The number of ether oxygens (including phenoxy) is 1. The third-order valence-electron chi connectivity index (χ3n) is 7.37. The van der Waals surface area contributed by atoms with E-state index in [1.165, 1.54) is 0 Å². The maximum atomic E-state index is 11.3. The summed E-state index contributed by atoms with van der Waals surface area (Å²) < 4.78 is 12.4. The molecule has 0 saturated carbocycles. The molecule has 21 heteroatoms. The van der Waals surface area contributed by atoms with Gasteiger partial charge in [0.05, 0.1) is 19.5 Å². The number of aliphatic carboxylic acids is 1. The van der Waals surface area contributed by atoms with Crippen molar-refractivity contribution in [3.63, 3.8) is 0 Å². The zero-order valence-electron chi connectivity index (χ0n) is 35.7. The van der Waals surface area contributed by atoms with Crippen LogP contribution in [0.5, 0.6) is 0 Å². The van der Waals surface area contributed by atoms with E-state index in [0.717, 1.165) is 62.9 Å². The van der Waals surface area contributed by atoms with Crippen LogP contribution < -0.4 is 90.4 Å². The first-order chi connectivity index (χ1) is 25.7. The van der Waals surface area contributed by atoms with E-state index in [1.807, 2.05) is 60.9 Å². The molecule has 18 nitrogen and oxygen atoms in total. The minimum atomic E-state index is -1.05. The monoisotopic (exact) mass is 816 g/mol. The number of carbonyl (C=O) groups excluding carboxylic acids is 5. The van der Waals surface area contributed by atoms with Crippen molar-refractivity contribution in [2.75, 3.05) is 26.2 Å². The first-order valence-corrected chi connectivity index (χ1v) is 17.3. The molecule has 1 aliphatic rings. The quantitative estimate of drug-likeness (QED) is 0.0168. The molecule has 57 heavy (non-hydrogen) atoms. The SMILES string of the molecule is C=C(C)C(=O)NCCC[n+]1ccn(CCC(=O)[O-])c1C.C=C(C)C(=O)NCCCn1ccnc1C.Cc1nccn1CCCN.O=C1CCO1.O=CO[O-].[B].[H-].[Na+].[Na+]. The van der Waals surface area contributed by atoms with Crippen molar-refractivity contribution in [3.05, 3.63) is 79.0 Å². The summed E-state index contributed by atoms with van der Waals surface area (Å²) in [5.41, 5.74) is 6.41. The molecule has 3 aromatic heterocycles. The zero-order chi connectivity index (χ0) is 40.9. The Bertz CT molecular complexity index is 1620. The Hall–Kier alpha value is -3.56. The number of hydrogen-bond acceptors (Lipinski definition) is 12. The number of esters is 1. The second-order valence-electron chi connectivity index (χ2n) is 11.8. The van der Waals surface area contributed by atoms with Crippen LogP contribution in [0, 0.1) is 20.8 Å². The second-order valence-corrected chi connectivity index (χ2v) is 11.8. The minimum absolute atomic E-state index is 0. The molecule has 0 aromatic carbocycles. The summed E-state index contributed by atoms with van der Waals surface area (Å²) in [4.78, 5) is 62.0. The molecule has 4 heterocycles. The van der Waals surface area contributed by atoms with Gasteiger partial charge in [-0.05, 0) is 47.1 Å². The predicted molar refractivity (Wildman–Crippen MR) is 201 cm³/mol. The van der Waals surface area contributed by atoms with Gasteiger partial charge in [-0.2, -0.15) is 0 Å². The molecule has 0 aliphatic carbocycles. The molecule has 4 rings (SSSR count). The van der Waals surface area contributed by atoms with Crippen LogP contribution in [-0.4, -0.2) is 88.5 Å². The molecule has 4 N–H and O–H groups in total. The number of nitrogens with two attached hydrogens (primary N) is 1. The summed E-state index contributed by atoms with van der Waals surface area (Å²) in [6.45, 7) is 21.9. The average molecular weight is 817 g/mol. The molecule has 0 bridgehead atoms. The maximum absolute atomic E-state index is 11.3. The van der Waals surface area contributed by atoms with Gasteiger partial charge in [-0.3, -0.25) is 19.2 Å². The van der Waals surface area contributed by atoms with E-state index in [-0.39, 0.29) is 99.6 Å². The number of imidazole rings is 3. The van der Waals surface area contributed by atoms with E-state index in [1.54, 1.807) is 20.0 Å². The fourth-order valence-electron chi connectivity index (χ4n) is 4.16. The molecule has 0 unspecified atom stereocenters. The normalized spacial score (nSPS) is 10.2. The Morgan fingerprint density at radius 2 is 1.39 bits per heavy atom. The van der Waals surface area contributed by atoms with Crippen LogP contribution in [0.3, 0.4) is 0 Å². The van der Waals surface area contributed by atoms with Crippen molar-refractivity contribution in [1.82, 2.24) is 34.3 Å². The summed E-state index contributed by atoms with van der Waals surface area (Å²) in [5.74, 6) is 1.74. The summed E-state index contributed by atoms with van der Waals surface area (Å²) >= 11 is 0.